The van der Waals surface area contributed by atoms with Crippen LogP contribution in [0, 0.1) is 0 Å². The Labute approximate surface area is 139 Å². The molecule has 1 fully saturated rings. The van der Waals surface area contributed by atoms with Crippen molar-refractivity contribution in [3.05, 3.63) is 22.7 Å². The third-order valence-corrected chi connectivity index (χ3v) is 6.12. The lowest BCUT2D eigenvalue weighted by Gasteiger charge is -2.33. The Kier molecular flexibility index (Phi) is 4.39. The van der Waals surface area contributed by atoms with Gasteiger partial charge in [0.15, 0.2) is 11.5 Å². The number of amides is 1. The standard InChI is InChI=1S/C14H17ClN2O5S/c1-2-23(19,20)17-5-3-16(4-6-17)14(18)10-7-11(15)13-12(8-10)21-9-22-13/h7-8H,2-6,9H2,1H3. The van der Waals surface area contributed by atoms with Gasteiger partial charge in [0.05, 0.1) is 10.8 Å². The number of nitrogens with zero attached hydrogens (tertiary/aromatic N) is 2. The van der Waals surface area contributed by atoms with E-state index in [0.717, 1.165) is 0 Å². The second-order valence-corrected chi connectivity index (χ2v) is 7.95. The minimum Gasteiger partial charge on any atom is -0.454 e. The van der Waals surface area contributed by atoms with E-state index < -0.39 is 10.0 Å². The highest BCUT2D eigenvalue weighted by Crippen LogP contribution is 2.40. The fourth-order valence-electron chi connectivity index (χ4n) is 2.63. The van der Waals surface area contributed by atoms with Gasteiger partial charge in [0, 0.05) is 31.7 Å². The van der Waals surface area contributed by atoms with Crippen molar-refractivity contribution in [2.24, 2.45) is 0 Å². The number of ether oxygens (including phenoxy) is 2. The van der Waals surface area contributed by atoms with Gasteiger partial charge in [-0.25, -0.2) is 8.42 Å². The minimum absolute atomic E-state index is 0.0682. The number of carbonyl (C=O) groups excluding carboxylic acids is 1. The van der Waals surface area contributed by atoms with Gasteiger partial charge >= 0.3 is 0 Å². The average molecular weight is 361 g/mol. The average Bonchev–Trinajstić information content (AvgIpc) is 3.03. The molecule has 0 unspecified atom stereocenters. The summed E-state index contributed by atoms with van der Waals surface area (Å²) in [5.74, 6) is 0.771. The van der Waals surface area contributed by atoms with Gasteiger partial charge < -0.3 is 14.4 Å². The van der Waals surface area contributed by atoms with Crippen LogP contribution >= 0.6 is 11.6 Å². The normalized spacial score (nSPS) is 18.3. The molecule has 0 bridgehead atoms. The molecular formula is C14H17ClN2O5S. The molecule has 1 aromatic rings. The van der Waals surface area contributed by atoms with Crippen molar-refractivity contribution in [2.75, 3.05) is 38.7 Å². The van der Waals surface area contributed by atoms with Gasteiger partial charge in [-0.1, -0.05) is 11.6 Å². The Morgan fingerprint density at radius 1 is 1.22 bits per heavy atom. The molecule has 23 heavy (non-hydrogen) atoms. The highest BCUT2D eigenvalue weighted by molar-refractivity contribution is 7.89. The molecule has 1 saturated heterocycles. The summed E-state index contributed by atoms with van der Waals surface area (Å²) in [6.07, 6.45) is 0. The van der Waals surface area contributed by atoms with E-state index in [-0.39, 0.29) is 18.5 Å². The third kappa shape index (κ3) is 3.11. The molecule has 7 nitrogen and oxygen atoms in total. The van der Waals surface area contributed by atoms with Crippen molar-refractivity contribution >= 4 is 27.5 Å². The van der Waals surface area contributed by atoms with Gasteiger partial charge in [-0.15, -0.1) is 0 Å². The maximum Gasteiger partial charge on any atom is 0.254 e. The molecule has 0 aliphatic carbocycles. The van der Waals surface area contributed by atoms with Crippen LogP contribution in [-0.2, 0) is 10.0 Å². The largest absolute Gasteiger partial charge is 0.454 e. The molecule has 0 spiro atoms. The topological polar surface area (TPSA) is 76.2 Å². The fourth-order valence-corrected chi connectivity index (χ4v) is 3.98. The molecule has 3 rings (SSSR count). The van der Waals surface area contributed by atoms with E-state index in [1.54, 1.807) is 24.0 Å². The van der Waals surface area contributed by atoms with E-state index in [9.17, 15) is 13.2 Å². The van der Waals surface area contributed by atoms with Gasteiger partial charge in [-0.3, -0.25) is 4.79 Å². The van der Waals surface area contributed by atoms with Gasteiger partial charge in [-0.2, -0.15) is 4.31 Å². The molecule has 1 aromatic carbocycles. The predicted molar refractivity (Wildman–Crippen MR) is 84.5 cm³/mol. The zero-order chi connectivity index (χ0) is 16.6. The van der Waals surface area contributed by atoms with Crippen molar-refractivity contribution in [3.8, 4) is 11.5 Å². The summed E-state index contributed by atoms with van der Waals surface area (Å²) in [6.45, 7) is 3.01. The van der Waals surface area contributed by atoms with E-state index in [4.69, 9.17) is 21.1 Å². The van der Waals surface area contributed by atoms with E-state index in [1.165, 1.54) is 4.31 Å². The number of rotatable bonds is 3. The van der Waals surface area contributed by atoms with Crippen molar-refractivity contribution in [1.29, 1.82) is 0 Å². The quantitative estimate of drug-likeness (QED) is 0.809. The minimum atomic E-state index is -3.21. The number of piperazine rings is 1. The van der Waals surface area contributed by atoms with Gasteiger partial charge in [0.2, 0.25) is 16.8 Å². The van der Waals surface area contributed by atoms with E-state index >= 15 is 0 Å². The molecule has 0 atom stereocenters. The fraction of sp³-hybridized carbons (Fsp3) is 0.500. The van der Waals surface area contributed by atoms with Crippen molar-refractivity contribution in [3.63, 3.8) is 0 Å². The summed E-state index contributed by atoms with van der Waals surface area (Å²) >= 11 is 6.10. The summed E-state index contributed by atoms with van der Waals surface area (Å²) in [5.41, 5.74) is 0.408. The number of carbonyl (C=O) groups is 1. The number of hydrogen-bond acceptors (Lipinski definition) is 5. The second kappa shape index (κ2) is 6.18. The Morgan fingerprint density at radius 3 is 2.57 bits per heavy atom. The number of fused-ring (bicyclic) bond motifs is 1. The molecule has 0 aromatic heterocycles. The first kappa shape index (κ1) is 16.4. The lowest BCUT2D eigenvalue weighted by molar-refractivity contribution is 0.0697. The maximum absolute atomic E-state index is 12.6. The van der Waals surface area contributed by atoms with Crippen molar-refractivity contribution in [2.45, 2.75) is 6.92 Å². The molecule has 9 heteroatoms. The van der Waals surface area contributed by atoms with Crippen LogP contribution < -0.4 is 9.47 Å². The molecular weight excluding hydrogens is 344 g/mol. The number of benzene rings is 1. The Bertz CT molecular complexity index is 729. The van der Waals surface area contributed by atoms with Gasteiger partial charge in [0.1, 0.15) is 0 Å². The third-order valence-electron chi connectivity index (χ3n) is 3.96. The lowest BCUT2D eigenvalue weighted by atomic mass is 10.1. The van der Waals surface area contributed by atoms with E-state index in [2.05, 4.69) is 0 Å². The van der Waals surface area contributed by atoms with Crippen LogP contribution in [0.1, 0.15) is 17.3 Å². The summed E-state index contributed by atoms with van der Waals surface area (Å²) < 4.78 is 35.6. The van der Waals surface area contributed by atoms with Crippen LogP contribution in [0.3, 0.4) is 0 Å². The van der Waals surface area contributed by atoms with Crippen LogP contribution in [0.15, 0.2) is 12.1 Å². The lowest BCUT2D eigenvalue weighted by Crippen LogP contribution is -2.50. The van der Waals surface area contributed by atoms with Crippen LogP contribution in [0.4, 0.5) is 0 Å². The van der Waals surface area contributed by atoms with Gasteiger partial charge in [-0.05, 0) is 19.1 Å². The first-order chi connectivity index (χ1) is 10.9. The number of sulfonamides is 1. The summed E-state index contributed by atoms with van der Waals surface area (Å²) in [7, 11) is -3.21. The summed E-state index contributed by atoms with van der Waals surface area (Å²) in [4.78, 5) is 14.2. The molecule has 126 valence electrons. The van der Waals surface area contributed by atoms with Crippen LogP contribution in [-0.4, -0.2) is 62.3 Å². The van der Waals surface area contributed by atoms with Crippen molar-refractivity contribution < 1.29 is 22.7 Å². The summed E-state index contributed by atoms with van der Waals surface area (Å²) in [5, 5.41) is 0.329. The highest BCUT2D eigenvalue weighted by Gasteiger charge is 2.29. The van der Waals surface area contributed by atoms with Crippen LogP contribution in [0.25, 0.3) is 0 Å². The van der Waals surface area contributed by atoms with Crippen molar-refractivity contribution in [1.82, 2.24) is 9.21 Å². The highest BCUT2D eigenvalue weighted by atomic mass is 35.5. The monoisotopic (exact) mass is 360 g/mol. The van der Waals surface area contributed by atoms with Gasteiger partial charge in [0.25, 0.3) is 5.91 Å². The molecule has 0 N–H and O–H groups in total. The number of halogens is 1. The zero-order valence-electron chi connectivity index (χ0n) is 12.6. The van der Waals surface area contributed by atoms with Crippen LogP contribution in [0.5, 0.6) is 11.5 Å². The molecule has 2 aliphatic rings. The molecule has 0 radical (unpaired) electrons. The Hall–Kier alpha value is -1.51. The zero-order valence-corrected chi connectivity index (χ0v) is 14.2. The Balaban J connectivity index is 1.72. The summed E-state index contributed by atoms with van der Waals surface area (Å²) in [6, 6.07) is 3.15. The first-order valence-corrected chi connectivity index (χ1v) is 9.27. The van der Waals surface area contributed by atoms with E-state index in [1.807, 2.05) is 0 Å². The molecule has 1 amide bonds. The maximum atomic E-state index is 12.6. The SMILES string of the molecule is CCS(=O)(=O)N1CCN(C(=O)c2cc(Cl)c3c(c2)OCO3)CC1. The first-order valence-electron chi connectivity index (χ1n) is 7.28. The Morgan fingerprint density at radius 2 is 1.91 bits per heavy atom. The number of hydrogen-bond donors (Lipinski definition) is 0. The molecule has 2 aliphatic heterocycles. The van der Waals surface area contributed by atoms with E-state index in [0.29, 0.717) is 48.3 Å². The molecule has 2 heterocycles. The second-order valence-electron chi connectivity index (χ2n) is 5.28. The smallest absolute Gasteiger partial charge is 0.254 e. The molecule has 0 saturated carbocycles. The predicted octanol–water partition coefficient (Wildman–Crippen LogP) is 1.18. The van der Waals surface area contributed by atoms with Crippen LogP contribution in [0.2, 0.25) is 5.02 Å².